The van der Waals surface area contributed by atoms with Crippen molar-refractivity contribution in [3.63, 3.8) is 0 Å². The van der Waals surface area contributed by atoms with Crippen molar-refractivity contribution >= 4 is 90.8 Å². The Morgan fingerprint density at radius 3 is 1.49 bits per heavy atom. The monoisotopic (exact) mass is 1440 g/mol. The van der Waals surface area contributed by atoms with Crippen molar-refractivity contribution in [1.82, 2.24) is 33.6 Å². The number of pyridine rings is 1. The van der Waals surface area contributed by atoms with E-state index in [4.69, 9.17) is 15.0 Å². The van der Waals surface area contributed by atoms with Crippen LogP contribution in [0.1, 0.15) is 206 Å². The highest BCUT2D eigenvalue weighted by atomic mass is 32.1. The largest absolute Gasteiger partial charge is 0.326 e. The summed E-state index contributed by atoms with van der Waals surface area (Å²) in [4.78, 5) is 97.9. The lowest BCUT2D eigenvalue weighted by molar-refractivity contribution is -0.121. The number of nitrogens with one attached hydrogen (secondary N) is 2. The number of Topliss-reactive ketones (excluding diaryl/α,β-unsaturated/α-hetero) is 4. The molecule has 5 aromatic heterocycles. The number of carbonyl (C=O) groups excluding carboxylic acids is 6. The van der Waals surface area contributed by atoms with Gasteiger partial charge in [-0.1, -0.05) is 113 Å². The van der Waals surface area contributed by atoms with E-state index >= 15 is 0 Å². The molecule has 107 heavy (non-hydrogen) atoms. The number of nitrogens with zero attached hydrogens (tertiary/aromatic N) is 8. The minimum atomic E-state index is -0.344. The number of rotatable bonds is 21. The number of benzene rings is 7. The lowest BCUT2D eigenvalue weighted by Gasteiger charge is -2.31. The third kappa shape index (κ3) is 17.1. The van der Waals surface area contributed by atoms with Crippen LogP contribution in [0.15, 0.2) is 200 Å². The number of unbranched alkanes of at least 4 members (excludes halogenated alkanes) is 1. The predicted octanol–water partition coefficient (Wildman–Crippen LogP) is 21.2. The normalized spacial score (nSPS) is 17.8. The van der Waals surface area contributed by atoms with Crippen LogP contribution in [0.4, 0.5) is 15.8 Å². The van der Waals surface area contributed by atoms with Crippen LogP contribution in [0.25, 0.3) is 67.4 Å². The molecule has 15 rings (SSSR count). The number of para-hydroxylation sites is 2. The molecule has 3 fully saturated rings. The summed E-state index contributed by atoms with van der Waals surface area (Å²) in [5, 5.41) is 15.9. The minimum Gasteiger partial charge on any atom is -0.326 e. The van der Waals surface area contributed by atoms with Gasteiger partial charge in [-0.25, -0.2) is 19.3 Å². The maximum absolute atomic E-state index is 14.9. The van der Waals surface area contributed by atoms with Crippen LogP contribution in [-0.2, 0) is 9.59 Å². The Kier molecular flexibility index (Phi) is 23.8. The number of nitriles is 1. The summed E-state index contributed by atoms with van der Waals surface area (Å²) in [7, 11) is 0. The van der Waals surface area contributed by atoms with E-state index in [0.717, 1.165) is 144 Å². The zero-order chi connectivity index (χ0) is 74.5. The molecule has 0 saturated heterocycles. The summed E-state index contributed by atoms with van der Waals surface area (Å²) in [6, 6.07) is 62.7. The van der Waals surface area contributed by atoms with E-state index in [1.165, 1.54) is 10.9 Å². The highest BCUT2D eigenvalue weighted by Gasteiger charge is 2.35. The van der Waals surface area contributed by atoms with Gasteiger partial charge in [-0.05, 0) is 204 Å². The fourth-order valence-electron chi connectivity index (χ4n) is 15.7. The Morgan fingerprint density at radius 2 is 0.981 bits per heavy atom. The van der Waals surface area contributed by atoms with Gasteiger partial charge >= 0.3 is 0 Å². The van der Waals surface area contributed by atoms with Crippen LogP contribution >= 0.6 is 11.3 Å². The van der Waals surface area contributed by atoms with Gasteiger partial charge in [-0.2, -0.15) is 5.26 Å². The summed E-state index contributed by atoms with van der Waals surface area (Å²) >= 11 is 1.59. The first-order valence-electron chi connectivity index (χ1n) is 37.8. The molecule has 2 N–H and O–H groups in total. The number of fused-ring (bicyclic) bond motifs is 3. The van der Waals surface area contributed by atoms with Gasteiger partial charge in [0.15, 0.2) is 29.0 Å². The molecule has 0 spiro atoms. The van der Waals surface area contributed by atoms with Gasteiger partial charge in [-0.3, -0.25) is 33.8 Å². The van der Waals surface area contributed by atoms with Gasteiger partial charge in [0.1, 0.15) is 23.2 Å². The van der Waals surface area contributed by atoms with Crippen molar-refractivity contribution in [3.8, 4) is 40.4 Å². The molecular weight excluding hydrogens is 1360 g/mol. The predicted molar refractivity (Wildman–Crippen MR) is 422 cm³/mol. The average molecular weight is 1450 g/mol. The second-order valence-corrected chi connectivity index (χ2v) is 29.7. The standard InChI is InChI=1S/C30H28N4O2.C30H33N3O2S.C29H28FN3O2/c1-2-28(35)20-15-16-27-26(18-20)33-29(25-14-7-6-9-22(25)19-31)34(27)24-13-8-10-21(17-24)30(36)32-23-11-4-3-5-12-23;1-3-4-11-27(34)22-13-14-26-25(19-22)32-30(24-10-5-6-16-31-24)33(26)23-9-7-8-21(17-23)18-28(35)29-15-12-20(2)36-29;1-2-27(34)19-15-16-26-25(18-19)32-28(23-13-6-7-14-24(23)30)33(26)22-12-8-9-20(17-22)29(35)31-21-10-4-3-5-11-21/h3-7,9,11-12,14-16,18,21,24H,2,8,10,13,17H2,1H3,(H,32,36);5-6,10,12-16,19,21,23H,3-4,7-9,11,17-18H2,1-2H3;3-7,10-11,13-16,18,20,22H,2,8-9,12,17H2,1H3,(H,31,35)/t21-,24+;21-,23+;20-,22+/m101/s1. The lowest BCUT2D eigenvalue weighted by Crippen LogP contribution is -2.29. The molecule has 2 amide bonds. The first-order valence-corrected chi connectivity index (χ1v) is 38.6. The topological polar surface area (TPSA) is 217 Å². The Bertz CT molecular complexity index is 5250. The lowest BCUT2D eigenvalue weighted by atomic mass is 9.82. The number of hydrogen-bond acceptors (Lipinski definition) is 12. The summed E-state index contributed by atoms with van der Waals surface area (Å²) in [6.07, 6.45) is 16.4. The third-order valence-electron chi connectivity index (χ3n) is 21.2. The van der Waals surface area contributed by atoms with E-state index in [0.29, 0.717) is 83.9 Å². The summed E-state index contributed by atoms with van der Waals surface area (Å²) in [5.74, 6) is 2.40. The molecule has 16 nitrogen and oxygen atoms in total. The number of imidazole rings is 3. The van der Waals surface area contributed by atoms with Gasteiger partial charge < -0.3 is 24.3 Å². The molecule has 0 aliphatic heterocycles. The SMILES string of the molecule is CCC(=O)c1ccc2c(c1)nc(-c1ccccc1C#N)n2[C@H]1CCC[C@@H](C(=O)Nc2ccccc2)C1.CCC(=O)c1ccc2c(c1)nc(-c1ccccc1F)n2[C@H]1CCC[C@@H](C(=O)Nc2ccccc2)C1.CCCCC(=O)c1ccc2c(c1)nc(-c1ccccn1)n2[C@@H]1CCC[C@H](CC(=O)c2ccc(C)s2)C1. The molecule has 0 radical (unpaired) electrons. The number of ketones is 4. The van der Waals surface area contributed by atoms with E-state index in [2.05, 4.69) is 48.4 Å². The van der Waals surface area contributed by atoms with E-state index < -0.39 is 0 Å². The number of thiophene rings is 1. The number of aromatic nitrogens is 7. The van der Waals surface area contributed by atoms with Crippen LogP contribution in [-0.4, -0.2) is 68.6 Å². The second-order valence-electron chi connectivity index (χ2n) is 28.4. The summed E-state index contributed by atoms with van der Waals surface area (Å²) < 4.78 is 21.5. The van der Waals surface area contributed by atoms with Crippen molar-refractivity contribution in [1.29, 1.82) is 5.26 Å². The van der Waals surface area contributed by atoms with Crippen molar-refractivity contribution in [2.45, 2.75) is 161 Å². The van der Waals surface area contributed by atoms with Crippen LogP contribution in [0, 0.1) is 41.8 Å². The highest BCUT2D eigenvalue weighted by molar-refractivity contribution is 7.14. The zero-order valence-electron chi connectivity index (χ0n) is 61.1. The molecule has 0 bridgehead atoms. The number of anilines is 2. The van der Waals surface area contributed by atoms with Crippen LogP contribution in [0.2, 0.25) is 0 Å². The molecule has 5 heterocycles. The van der Waals surface area contributed by atoms with Gasteiger partial charge in [0.2, 0.25) is 11.8 Å². The van der Waals surface area contributed by atoms with E-state index in [1.807, 2.05) is 172 Å². The maximum Gasteiger partial charge on any atom is 0.227 e. The number of hydrogen-bond donors (Lipinski definition) is 2. The summed E-state index contributed by atoms with van der Waals surface area (Å²) in [5.41, 5.74) is 11.2. The van der Waals surface area contributed by atoms with Crippen LogP contribution in [0.5, 0.6) is 0 Å². The first-order chi connectivity index (χ1) is 52.2. The molecule has 3 saturated carbocycles. The molecule has 0 unspecified atom stereocenters. The Morgan fingerprint density at radius 1 is 0.505 bits per heavy atom. The van der Waals surface area contributed by atoms with Crippen LogP contribution < -0.4 is 10.6 Å². The van der Waals surface area contributed by atoms with Gasteiger partial charge in [-0.15, -0.1) is 11.3 Å². The van der Waals surface area contributed by atoms with Gasteiger partial charge in [0.25, 0.3) is 0 Å². The second kappa shape index (κ2) is 34.4. The average Bonchev–Trinajstić information content (AvgIpc) is 1.63. The fourth-order valence-corrected chi connectivity index (χ4v) is 16.5. The van der Waals surface area contributed by atoms with Crippen molar-refractivity contribution in [3.05, 3.63) is 238 Å². The number of halogens is 1. The first kappa shape index (κ1) is 74.1. The molecule has 18 heteroatoms. The van der Waals surface area contributed by atoms with E-state index in [-0.39, 0.29) is 70.7 Å². The fraction of sp³-hybridized carbons (Fsp3) is 0.315. The Hall–Kier alpha value is -11.2. The minimum absolute atomic E-state index is 0.00795. The molecule has 12 aromatic rings. The molecule has 7 aromatic carbocycles. The Labute approximate surface area is 627 Å². The van der Waals surface area contributed by atoms with Crippen LogP contribution in [0.3, 0.4) is 0 Å². The van der Waals surface area contributed by atoms with E-state index in [1.54, 1.807) is 47.9 Å². The maximum atomic E-state index is 14.9. The molecule has 544 valence electrons. The van der Waals surface area contributed by atoms with Gasteiger partial charge in [0, 0.05) is 100 Å². The smallest absolute Gasteiger partial charge is 0.227 e. The van der Waals surface area contributed by atoms with Crippen molar-refractivity contribution in [2.75, 3.05) is 10.6 Å². The third-order valence-corrected chi connectivity index (χ3v) is 22.2. The van der Waals surface area contributed by atoms with Gasteiger partial charge in [0.05, 0.1) is 55.2 Å². The number of carbonyl (C=O) groups is 6. The Balaban J connectivity index is 0.000000142. The molecule has 6 atom stereocenters. The van der Waals surface area contributed by atoms with Crippen molar-refractivity contribution < 1.29 is 33.2 Å². The quantitative estimate of drug-likeness (QED) is 0.0645. The molecule has 3 aliphatic carbocycles. The van der Waals surface area contributed by atoms with Crippen molar-refractivity contribution in [2.24, 2.45) is 17.8 Å². The zero-order valence-corrected chi connectivity index (χ0v) is 61.9. The molecule has 3 aliphatic rings. The van der Waals surface area contributed by atoms with E-state index in [9.17, 15) is 38.4 Å². The summed E-state index contributed by atoms with van der Waals surface area (Å²) in [6.45, 7) is 7.83. The highest BCUT2D eigenvalue weighted by Crippen LogP contribution is 2.44. The number of aryl methyl sites for hydroxylation is 1. The molecular formula is C89H89FN10O6S. The number of amides is 2.